The Morgan fingerprint density at radius 2 is 1.84 bits per heavy atom. The number of hydrogen-bond donors (Lipinski definition) is 0. The highest BCUT2D eigenvalue weighted by Gasteiger charge is 2.36. The van der Waals surface area contributed by atoms with Crippen LogP contribution in [0.15, 0.2) is 58.5 Å². The van der Waals surface area contributed by atoms with E-state index in [9.17, 15) is 4.79 Å². The number of hydrogen-bond acceptors (Lipinski definition) is 5. The highest BCUT2D eigenvalue weighted by Crippen LogP contribution is 2.41. The molecule has 1 aliphatic carbocycles. The summed E-state index contributed by atoms with van der Waals surface area (Å²) in [5, 5.41) is 0.726. The molecule has 0 saturated carbocycles. The molecule has 0 aliphatic heterocycles. The van der Waals surface area contributed by atoms with Crippen molar-refractivity contribution in [1.29, 1.82) is 0 Å². The van der Waals surface area contributed by atoms with E-state index in [0.29, 0.717) is 13.2 Å². The van der Waals surface area contributed by atoms with Gasteiger partial charge in [-0.1, -0.05) is 62.0 Å². The molecule has 162 valence electrons. The van der Waals surface area contributed by atoms with Gasteiger partial charge in [0.15, 0.2) is 5.16 Å². The Balaban J connectivity index is 1.86. The zero-order valence-electron chi connectivity index (χ0n) is 18.5. The van der Waals surface area contributed by atoms with E-state index in [1.807, 2.05) is 34.9 Å². The Labute approximate surface area is 187 Å². The fraction of sp³-hybridized carbons (Fsp3) is 0.360. The molecule has 0 N–H and O–H groups in total. The van der Waals surface area contributed by atoms with Crippen LogP contribution in [0.4, 0.5) is 0 Å². The van der Waals surface area contributed by atoms with Crippen LogP contribution in [0.1, 0.15) is 30.5 Å². The van der Waals surface area contributed by atoms with Crippen molar-refractivity contribution in [2.75, 3.05) is 26.6 Å². The molecule has 0 fully saturated rings. The number of aromatic nitrogens is 2. The van der Waals surface area contributed by atoms with E-state index in [1.54, 1.807) is 26.0 Å². The molecule has 4 rings (SSSR count). The standard InChI is InChI=1S/C25H28N2O3S/c1-25(2)15-18-7-5-6-8-20(18)22-21(25)23(28)27(24(26-22)31-14-13-29-3)16-17-9-11-19(30-4)12-10-17/h5-12H,13-16H2,1-4H3. The molecule has 3 aromatic rings. The van der Waals surface area contributed by atoms with Gasteiger partial charge in [-0.05, 0) is 29.7 Å². The quantitative estimate of drug-likeness (QED) is 0.309. The second-order valence-electron chi connectivity index (χ2n) is 8.42. The number of thioether (sulfide) groups is 1. The summed E-state index contributed by atoms with van der Waals surface area (Å²) < 4.78 is 12.3. The van der Waals surface area contributed by atoms with Crippen LogP contribution < -0.4 is 10.3 Å². The van der Waals surface area contributed by atoms with Crippen LogP contribution in [0.3, 0.4) is 0 Å². The van der Waals surface area contributed by atoms with Gasteiger partial charge in [-0.25, -0.2) is 4.98 Å². The fourth-order valence-electron chi connectivity index (χ4n) is 4.19. The van der Waals surface area contributed by atoms with Crippen molar-refractivity contribution in [2.45, 2.75) is 37.4 Å². The molecule has 31 heavy (non-hydrogen) atoms. The number of rotatable bonds is 7. The third-order valence-electron chi connectivity index (χ3n) is 5.73. The minimum absolute atomic E-state index is 0.0419. The molecule has 1 aromatic heterocycles. The van der Waals surface area contributed by atoms with E-state index in [1.165, 1.54) is 5.56 Å². The third kappa shape index (κ3) is 4.27. The highest BCUT2D eigenvalue weighted by atomic mass is 32.2. The molecule has 0 bridgehead atoms. The van der Waals surface area contributed by atoms with Gasteiger partial charge >= 0.3 is 0 Å². The van der Waals surface area contributed by atoms with E-state index < -0.39 is 0 Å². The summed E-state index contributed by atoms with van der Waals surface area (Å²) in [5.74, 6) is 1.53. The van der Waals surface area contributed by atoms with Gasteiger partial charge in [-0.15, -0.1) is 0 Å². The van der Waals surface area contributed by atoms with Gasteiger partial charge in [0.25, 0.3) is 5.56 Å². The lowest BCUT2D eigenvalue weighted by Crippen LogP contribution is -2.38. The van der Waals surface area contributed by atoms with Gasteiger partial charge < -0.3 is 9.47 Å². The minimum Gasteiger partial charge on any atom is -0.497 e. The minimum atomic E-state index is -0.287. The topological polar surface area (TPSA) is 53.3 Å². The SMILES string of the molecule is COCCSc1nc2c(c(=O)n1Cc1ccc(OC)cc1)C(C)(C)Cc1ccccc1-2. The molecule has 0 unspecified atom stereocenters. The van der Waals surface area contributed by atoms with Crippen molar-refractivity contribution in [3.05, 3.63) is 75.6 Å². The van der Waals surface area contributed by atoms with Gasteiger partial charge in [0.1, 0.15) is 5.75 Å². The highest BCUT2D eigenvalue weighted by molar-refractivity contribution is 7.99. The van der Waals surface area contributed by atoms with E-state index in [2.05, 4.69) is 32.0 Å². The van der Waals surface area contributed by atoms with E-state index in [4.69, 9.17) is 14.5 Å². The second-order valence-corrected chi connectivity index (χ2v) is 9.48. The zero-order valence-corrected chi connectivity index (χ0v) is 19.3. The first kappa shape index (κ1) is 21.7. The number of methoxy groups -OCH3 is 2. The second kappa shape index (κ2) is 8.89. The largest absolute Gasteiger partial charge is 0.497 e. The summed E-state index contributed by atoms with van der Waals surface area (Å²) in [5.41, 5.74) is 4.73. The fourth-order valence-corrected chi connectivity index (χ4v) is 5.08. The summed E-state index contributed by atoms with van der Waals surface area (Å²) in [6.07, 6.45) is 0.825. The predicted molar refractivity (Wildman–Crippen MR) is 125 cm³/mol. The van der Waals surface area contributed by atoms with Crippen molar-refractivity contribution in [3.8, 4) is 17.0 Å². The Morgan fingerprint density at radius 1 is 1.10 bits per heavy atom. The lowest BCUT2D eigenvalue weighted by Gasteiger charge is -2.33. The van der Waals surface area contributed by atoms with Crippen molar-refractivity contribution >= 4 is 11.8 Å². The van der Waals surface area contributed by atoms with Gasteiger partial charge in [-0.2, -0.15) is 0 Å². The normalized spacial score (nSPS) is 14.1. The first-order chi connectivity index (χ1) is 14.9. The molecule has 0 amide bonds. The number of ether oxygens (including phenoxy) is 2. The average molecular weight is 437 g/mol. The smallest absolute Gasteiger partial charge is 0.258 e. The third-order valence-corrected chi connectivity index (χ3v) is 6.67. The lowest BCUT2D eigenvalue weighted by molar-refractivity contribution is 0.218. The molecule has 0 radical (unpaired) electrons. The van der Waals surface area contributed by atoms with Crippen LogP contribution in [0.2, 0.25) is 0 Å². The summed E-state index contributed by atoms with van der Waals surface area (Å²) >= 11 is 1.56. The van der Waals surface area contributed by atoms with Crippen LogP contribution >= 0.6 is 11.8 Å². The van der Waals surface area contributed by atoms with E-state index in [-0.39, 0.29) is 11.0 Å². The Bertz CT molecular complexity index is 1140. The molecule has 6 heteroatoms. The predicted octanol–water partition coefficient (Wildman–Crippen LogP) is 4.54. The van der Waals surface area contributed by atoms with Gasteiger partial charge in [0.05, 0.1) is 26.0 Å². The summed E-state index contributed by atoms with van der Waals surface area (Å²) in [6.45, 7) is 5.35. The zero-order chi connectivity index (χ0) is 22.0. The van der Waals surface area contributed by atoms with Crippen molar-refractivity contribution < 1.29 is 9.47 Å². The van der Waals surface area contributed by atoms with Gasteiger partial charge in [-0.3, -0.25) is 9.36 Å². The van der Waals surface area contributed by atoms with Crippen LogP contribution in [-0.4, -0.2) is 36.1 Å². The van der Waals surface area contributed by atoms with Crippen LogP contribution in [-0.2, 0) is 23.1 Å². The maximum atomic E-state index is 13.9. The summed E-state index contributed by atoms with van der Waals surface area (Å²) in [4.78, 5) is 18.9. The van der Waals surface area contributed by atoms with Gasteiger partial charge in [0.2, 0.25) is 0 Å². The Morgan fingerprint density at radius 3 is 2.55 bits per heavy atom. The molecule has 1 heterocycles. The Kier molecular flexibility index (Phi) is 6.21. The molecular formula is C25H28N2O3S. The monoisotopic (exact) mass is 436 g/mol. The lowest BCUT2D eigenvalue weighted by atomic mass is 9.72. The first-order valence-corrected chi connectivity index (χ1v) is 11.4. The maximum absolute atomic E-state index is 13.9. The van der Waals surface area contributed by atoms with Crippen molar-refractivity contribution in [2.24, 2.45) is 0 Å². The molecule has 5 nitrogen and oxygen atoms in total. The van der Waals surface area contributed by atoms with Crippen LogP contribution in [0, 0.1) is 0 Å². The maximum Gasteiger partial charge on any atom is 0.258 e. The summed E-state index contributed by atoms with van der Waals surface area (Å²) in [6, 6.07) is 16.1. The van der Waals surface area contributed by atoms with E-state index in [0.717, 1.165) is 45.5 Å². The van der Waals surface area contributed by atoms with Crippen molar-refractivity contribution in [1.82, 2.24) is 9.55 Å². The molecule has 0 atom stereocenters. The average Bonchev–Trinajstić information content (AvgIpc) is 2.76. The van der Waals surface area contributed by atoms with E-state index >= 15 is 0 Å². The number of nitrogens with zero attached hydrogens (tertiary/aromatic N) is 2. The molecule has 0 saturated heterocycles. The van der Waals surface area contributed by atoms with Gasteiger partial charge in [0, 0.05) is 29.4 Å². The van der Waals surface area contributed by atoms with Crippen LogP contribution in [0.25, 0.3) is 11.3 Å². The number of benzene rings is 2. The Hall–Kier alpha value is -2.57. The molecule has 1 aliphatic rings. The van der Waals surface area contributed by atoms with Crippen molar-refractivity contribution in [3.63, 3.8) is 0 Å². The molecule has 0 spiro atoms. The molecular weight excluding hydrogens is 408 g/mol. The van der Waals surface area contributed by atoms with Crippen LogP contribution in [0.5, 0.6) is 5.75 Å². The first-order valence-electron chi connectivity index (χ1n) is 10.4. The molecule has 2 aromatic carbocycles. The summed E-state index contributed by atoms with van der Waals surface area (Å²) in [7, 11) is 3.33. The number of fused-ring (bicyclic) bond motifs is 3.